The second-order valence-electron chi connectivity index (χ2n) is 5.92. The number of hydrogen-bond acceptors (Lipinski definition) is 6. The summed E-state index contributed by atoms with van der Waals surface area (Å²) in [6, 6.07) is 10.0. The van der Waals surface area contributed by atoms with Gasteiger partial charge in [-0.2, -0.15) is 0 Å². The molecule has 1 atom stereocenters. The fraction of sp³-hybridized carbons (Fsp3) is 0.316. The van der Waals surface area contributed by atoms with Crippen molar-refractivity contribution in [3.63, 3.8) is 0 Å². The summed E-state index contributed by atoms with van der Waals surface area (Å²) in [6.07, 6.45) is -0.100. The second kappa shape index (κ2) is 10.1. The van der Waals surface area contributed by atoms with Crippen LogP contribution in [0.3, 0.4) is 0 Å². The van der Waals surface area contributed by atoms with Crippen LogP contribution in [0.15, 0.2) is 36.4 Å². The first-order valence-electron chi connectivity index (χ1n) is 8.27. The number of carbonyl (C=O) groups is 1. The van der Waals surface area contributed by atoms with Crippen LogP contribution in [0.2, 0.25) is 10.0 Å². The summed E-state index contributed by atoms with van der Waals surface area (Å²) in [7, 11) is 2.76. The van der Waals surface area contributed by atoms with Crippen molar-refractivity contribution in [3.8, 4) is 11.5 Å². The summed E-state index contributed by atoms with van der Waals surface area (Å²) in [6.45, 7) is -0.295. The molecule has 0 amide bonds. The van der Waals surface area contributed by atoms with Gasteiger partial charge in [0, 0.05) is 10.5 Å². The van der Waals surface area contributed by atoms with Crippen LogP contribution in [-0.2, 0) is 16.1 Å². The number of rotatable bonds is 9. The Balaban J connectivity index is 2.18. The third-order valence-electron chi connectivity index (χ3n) is 4.07. The lowest BCUT2D eigenvalue weighted by molar-refractivity contribution is -0.483. The zero-order valence-corrected chi connectivity index (χ0v) is 16.8. The number of ether oxygens (including phenoxy) is 3. The van der Waals surface area contributed by atoms with E-state index in [9.17, 15) is 14.9 Å². The highest BCUT2D eigenvalue weighted by Gasteiger charge is 2.22. The SMILES string of the molecule is COC(=O)CC(C[N+](=O)[O-])c1cccc(OCc2c(Cl)cc(OC)cc2Cl)c1. The summed E-state index contributed by atoms with van der Waals surface area (Å²) in [5.74, 6) is -0.140. The lowest BCUT2D eigenvalue weighted by Crippen LogP contribution is -2.17. The fourth-order valence-corrected chi connectivity index (χ4v) is 3.18. The van der Waals surface area contributed by atoms with Crippen LogP contribution in [0.4, 0.5) is 0 Å². The Morgan fingerprint density at radius 3 is 2.39 bits per heavy atom. The maximum atomic E-state index is 11.6. The van der Waals surface area contributed by atoms with Gasteiger partial charge in [-0.3, -0.25) is 14.9 Å². The molecule has 1 unspecified atom stereocenters. The van der Waals surface area contributed by atoms with Crippen molar-refractivity contribution in [2.45, 2.75) is 18.9 Å². The van der Waals surface area contributed by atoms with E-state index in [0.717, 1.165) is 0 Å². The summed E-state index contributed by atoms with van der Waals surface area (Å²) in [5.41, 5.74) is 1.19. The molecule has 2 aromatic carbocycles. The maximum Gasteiger partial charge on any atom is 0.306 e. The third-order valence-corrected chi connectivity index (χ3v) is 4.75. The number of halogens is 2. The lowest BCUT2D eigenvalue weighted by atomic mass is 9.95. The summed E-state index contributed by atoms with van der Waals surface area (Å²) >= 11 is 12.4. The van der Waals surface area contributed by atoms with Crippen LogP contribution in [0.25, 0.3) is 0 Å². The third kappa shape index (κ3) is 6.00. The van der Waals surface area contributed by atoms with Crippen molar-refractivity contribution in [1.82, 2.24) is 0 Å². The van der Waals surface area contributed by atoms with Gasteiger partial charge >= 0.3 is 5.97 Å². The van der Waals surface area contributed by atoms with Gasteiger partial charge in [-0.1, -0.05) is 35.3 Å². The number of nitro groups is 1. The Labute approximate surface area is 172 Å². The molecule has 150 valence electrons. The molecule has 28 heavy (non-hydrogen) atoms. The van der Waals surface area contributed by atoms with Crippen LogP contribution in [0, 0.1) is 10.1 Å². The maximum absolute atomic E-state index is 11.6. The predicted octanol–water partition coefficient (Wildman–Crippen LogP) is 4.50. The highest BCUT2D eigenvalue weighted by atomic mass is 35.5. The molecule has 0 aliphatic rings. The standard InChI is InChI=1S/C19H19Cl2NO6/c1-26-15-8-17(20)16(18(21)9-15)11-28-14-5-3-4-12(6-14)13(10-22(24)25)7-19(23)27-2/h3-6,8-9,13H,7,10-11H2,1-2H3. The van der Waals surface area contributed by atoms with E-state index < -0.39 is 23.4 Å². The number of hydrogen-bond donors (Lipinski definition) is 0. The van der Waals surface area contributed by atoms with Gasteiger partial charge in [-0.25, -0.2) is 0 Å². The molecule has 0 heterocycles. The molecule has 9 heteroatoms. The van der Waals surface area contributed by atoms with Crippen molar-refractivity contribution in [2.24, 2.45) is 0 Å². The minimum absolute atomic E-state index is 0.0992. The van der Waals surface area contributed by atoms with E-state index in [1.54, 1.807) is 36.4 Å². The van der Waals surface area contributed by atoms with Crippen molar-refractivity contribution < 1.29 is 23.9 Å². The Morgan fingerprint density at radius 1 is 1.14 bits per heavy atom. The molecule has 0 radical (unpaired) electrons. The molecule has 0 aliphatic carbocycles. The number of esters is 1. The second-order valence-corrected chi connectivity index (χ2v) is 6.74. The molecule has 0 aromatic heterocycles. The van der Waals surface area contributed by atoms with Crippen molar-refractivity contribution in [2.75, 3.05) is 20.8 Å². The van der Waals surface area contributed by atoms with Crippen LogP contribution in [-0.4, -0.2) is 31.7 Å². The van der Waals surface area contributed by atoms with E-state index in [1.165, 1.54) is 14.2 Å². The van der Waals surface area contributed by atoms with Crippen molar-refractivity contribution >= 4 is 29.2 Å². The summed E-state index contributed by atoms with van der Waals surface area (Å²) < 4.78 is 15.5. The van der Waals surface area contributed by atoms with E-state index in [4.69, 9.17) is 32.7 Å². The number of carbonyl (C=O) groups excluding carboxylic acids is 1. The molecule has 2 aromatic rings. The highest BCUT2D eigenvalue weighted by Crippen LogP contribution is 2.32. The van der Waals surface area contributed by atoms with Crippen LogP contribution in [0.5, 0.6) is 11.5 Å². The quantitative estimate of drug-likeness (QED) is 0.332. The van der Waals surface area contributed by atoms with E-state index in [-0.39, 0.29) is 13.0 Å². The normalized spacial score (nSPS) is 11.6. The molecular formula is C19H19Cl2NO6. The van der Waals surface area contributed by atoms with Crippen molar-refractivity contribution in [3.05, 3.63) is 67.7 Å². The lowest BCUT2D eigenvalue weighted by Gasteiger charge is -2.15. The van der Waals surface area contributed by atoms with Crippen molar-refractivity contribution in [1.29, 1.82) is 0 Å². The van der Waals surface area contributed by atoms with Gasteiger partial charge in [-0.05, 0) is 29.8 Å². The summed E-state index contributed by atoms with van der Waals surface area (Å²) in [5, 5.41) is 11.8. The minimum atomic E-state index is -0.626. The van der Waals surface area contributed by atoms with Crippen LogP contribution in [0.1, 0.15) is 23.5 Å². The highest BCUT2D eigenvalue weighted by molar-refractivity contribution is 6.36. The van der Waals surface area contributed by atoms with Gasteiger partial charge in [0.1, 0.15) is 18.1 Å². The van der Waals surface area contributed by atoms with E-state index >= 15 is 0 Å². The first kappa shape index (κ1) is 21.8. The van der Waals surface area contributed by atoms with E-state index in [0.29, 0.717) is 32.7 Å². The van der Waals surface area contributed by atoms with Gasteiger partial charge in [0.2, 0.25) is 6.54 Å². The molecule has 0 saturated heterocycles. The molecule has 2 rings (SSSR count). The Morgan fingerprint density at radius 2 is 1.82 bits per heavy atom. The molecule has 0 fully saturated rings. The Kier molecular flexibility index (Phi) is 7.90. The minimum Gasteiger partial charge on any atom is -0.497 e. The van der Waals surface area contributed by atoms with E-state index in [2.05, 4.69) is 4.74 Å². The number of methoxy groups -OCH3 is 2. The monoisotopic (exact) mass is 427 g/mol. The van der Waals surface area contributed by atoms with Gasteiger partial charge in [-0.15, -0.1) is 0 Å². The molecule has 7 nitrogen and oxygen atoms in total. The zero-order valence-electron chi connectivity index (χ0n) is 15.3. The number of nitrogens with zero attached hydrogens (tertiary/aromatic N) is 1. The first-order chi connectivity index (χ1) is 13.3. The number of benzene rings is 2. The average Bonchev–Trinajstić information content (AvgIpc) is 2.66. The van der Waals surface area contributed by atoms with Gasteiger partial charge in [0.05, 0.1) is 36.6 Å². The smallest absolute Gasteiger partial charge is 0.306 e. The van der Waals surface area contributed by atoms with Crippen LogP contribution >= 0.6 is 23.2 Å². The topological polar surface area (TPSA) is 87.9 Å². The predicted molar refractivity (Wildman–Crippen MR) is 105 cm³/mol. The average molecular weight is 428 g/mol. The molecule has 0 spiro atoms. The molecular weight excluding hydrogens is 409 g/mol. The van der Waals surface area contributed by atoms with Gasteiger partial charge in [0.25, 0.3) is 0 Å². The summed E-state index contributed by atoms with van der Waals surface area (Å²) in [4.78, 5) is 22.1. The van der Waals surface area contributed by atoms with E-state index in [1.807, 2.05) is 0 Å². The molecule has 0 saturated carbocycles. The largest absolute Gasteiger partial charge is 0.497 e. The zero-order chi connectivity index (χ0) is 20.7. The molecule has 0 bridgehead atoms. The van der Waals surface area contributed by atoms with Crippen LogP contribution < -0.4 is 9.47 Å². The molecule has 0 aliphatic heterocycles. The fourth-order valence-electron chi connectivity index (χ4n) is 2.60. The Hall–Kier alpha value is -2.51. The van der Waals surface area contributed by atoms with Gasteiger partial charge < -0.3 is 14.2 Å². The first-order valence-corrected chi connectivity index (χ1v) is 9.03. The Bertz CT molecular complexity index is 835. The molecule has 0 N–H and O–H groups in total. The van der Waals surface area contributed by atoms with Gasteiger partial charge in [0.15, 0.2) is 0 Å².